The molecular weight excluding hydrogens is 437 g/mol. The largest absolute Gasteiger partial charge is 0.439 e. The zero-order valence-electron chi connectivity index (χ0n) is 18.0. The highest BCUT2D eigenvalue weighted by Crippen LogP contribution is 2.33. The van der Waals surface area contributed by atoms with E-state index in [0.29, 0.717) is 36.2 Å². The quantitative estimate of drug-likeness (QED) is 0.475. The average molecular weight is 460 g/mol. The minimum absolute atomic E-state index is 0.0320. The summed E-state index contributed by atoms with van der Waals surface area (Å²) in [5.41, 5.74) is 5.28. The van der Waals surface area contributed by atoms with E-state index in [1.54, 1.807) is 30.3 Å². The predicted octanol–water partition coefficient (Wildman–Crippen LogP) is 4.64. The van der Waals surface area contributed by atoms with E-state index >= 15 is 0 Å². The number of halogens is 3. The van der Waals surface area contributed by atoms with Crippen LogP contribution >= 0.6 is 0 Å². The number of carbonyl (C=O) groups excluding carboxylic acids is 1. The first-order valence-corrected chi connectivity index (χ1v) is 9.92. The molecule has 0 aliphatic rings. The first-order chi connectivity index (χ1) is 15.7. The number of nitrogens with zero attached hydrogens (tertiary/aromatic N) is 3. The Balaban J connectivity index is 1.61. The molecule has 1 aromatic heterocycles. The molecule has 33 heavy (non-hydrogen) atoms. The standard InChI is InChI=1S/C22H23F3N6O2/c1-14-3-4-16(11-18(14)22(23,24)25)30-21(32)29-15-5-7-17(8-6-15)33-20-12-19(27-13-28-20)31(2)10-9-26/h3-8,11-13H,9-10,26H2,1-2H3,(H2,29,30,32). The highest BCUT2D eigenvalue weighted by molar-refractivity contribution is 5.99. The number of hydrogen-bond acceptors (Lipinski definition) is 6. The Bertz CT molecular complexity index is 1110. The molecule has 3 aromatic rings. The van der Waals surface area contributed by atoms with Gasteiger partial charge in [0.05, 0.1) is 5.56 Å². The first-order valence-electron chi connectivity index (χ1n) is 9.92. The molecule has 3 rings (SSSR count). The second-order valence-electron chi connectivity index (χ2n) is 7.16. The van der Waals surface area contributed by atoms with Gasteiger partial charge < -0.3 is 26.0 Å². The molecule has 0 saturated heterocycles. The van der Waals surface area contributed by atoms with Crippen molar-refractivity contribution in [2.75, 3.05) is 35.7 Å². The van der Waals surface area contributed by atoms with Crippen molar-refractivity contribution in [2.45, 2.75) is 13.1 Å². The van der Waals surface area contributed by atoms with Crippen LogP contribution in [0.5, 0.6) is 11.6 Å². The molecule has 0 atom stereocenters. The van der Waals surface area contributed by atoms with Gasteiger partial charge in [-0.3, -0.25) is 0 Å². The van der Waals surface area contributed by atoms with Crippen LogP contribution in [0.2, 0.25) is 0 Å². The summed E-state index contributed by atoms with van der Waals surface area (Å²) in [4.78, 5) is 22.3. The van der Waals surface area contributed by atoms with Crippen LogP contribution in [0.1, 0.15) is 11.1 Å². The molecule has 0 unspecified atom stereocenters. The van der Waals surface area contributed by atoms with Crippen LogP contribution < -0.4 is 26.0 Å². The molecule has 2 aromatic carbocycles. The number of alkyl halides is 3. The Hall–Kier alpha value is -3.86. The summed E-state index contributed by atoms with van der Waals surface area (Å²) in [5.74, 6) is 1.47. The van der Waals surface area contributed by atoms with E-state index in [0.717, 1.165) is 6.07 Å². The summed E-state index contributed by atoms with van der Waals surface area (Å²) in [5, 5.41) is 4.96. The summed E-state index contributed by atoms with van der Waals surface area (Å²) in [6.07, 6.45) is -3.12. The smallest absolute Gasteiger partial charge is 0.416 e. The second kappa shape index (κ2) is 10.2. The maximum Gasteiger partial charge on any atom is 0.416 e. The SMILES string of the molecule is Cc1ccc(NC(=O)Nc2ccc(Oc3cc(N(C)CCN)ncn3)cc2)cc1C(F)(F)F. The third-order valence-electron chi connectivity index (χ3n) is 4.62. The van der Waals surface area contributed by atoms with Crippen LogP contribution in [-0.4, -0.2) is 36.1 Å². The molecule has 0 bridgehead atoms. The van der Waals surface area contributed by atoms with Gasteiger partial charge in [-0.15, -0.1) is 0 Å². The Morgan fingerprint density at radius 2 is 1.73 bits per heavy atom. The summed E-state index contributed by atoms with van der Waals surface area (Å²) in [6.45, 7) is 2.46. The number of anilines is 3. The first kappa shape index (κ1) is 23.8. The lowest BCUT2D eigenvalue weighted by atomic mass is 10.1. The molecule has 0 aliphatic carbocycles. The fourth-order valence-corrected chi connectivity index (χ4v) is 2.93. The number of hydrogen-bond donors (Lipinski definition) is 3. The number of benzene rings is 2. The molecule has 8 nitrogen and oxygen atoms in total. The summed E-state index contributed by atoms with van der Waals surface area (Å²) in [7, 11) is 1.85. The van der Waals surface area contributed by atoms with E-state index in [2.05, 4.69) is 20.6 Å². The zero-order valence-corrected chi connectivity index (χ0v) is 18.0. The molecule has 0 fully saturated rings. The summed E-state index contributed by atoms with van der Waals surface area (Å²) >= 11 is 0. The fourth-order valence-electron chi connectivity index (χ4n) is 2.93. The van der Waals surface area contributed by atoms with Crippen molar-refractivity contribution < 1.29 is 22.7 Å². The van der Waals surface area contributed by atoms with Gasteiger partial charge >= 0.3 is 12.2 Å². The number of likely N-dealkylation sites (N-methyl/N-ethyl adjacent to an activating group) is 1. The number of urea groups is 1. The number of aromatic nitrogens is 2. The molecule has 1 heterocycles. The lowest BCUT2D eigenvalue weighted by Crippen LogP contribution is -2.25. The van der Waals surface area contributed by atoms with Gasteiger partial charge in [0.1, 0.15) is 17.9 Å². The topological polar surface area (TPSA) is 105 Å². The third kappa shape index (κ3) is 6.56. The number of nitrogens with one attached hydrogen (secondary N) is 2. The van der Waals surface area contributed by atoms with E-state index in [1.165, 1.54) is 25.4 Å². The maximum atomic E-state index is 13.0. The lowest BCUT2D eigenvalue weighted by Gasteiger charge is -2.17. The van der Waals surface area contributed by atoms with Crippen LogP contribution in [0.15, 0.2) is 54.9 Å². The van der Waals surface area contributed by atoms with Crippen molar-refractivity contribution >= 4 is 23.2 Å². The zero-order chi connectivity index (χ0) is 24.0. The monoisotopic (exact) mass is 460 g/mol. The third-order valence-corrected chi connectivity index (χ3v) is 4.62. The molecule has 0 spiro atoms. The van der Waals surface area contributed by atoms with Gasteiger partial charge in [-0.25, -0.2) is 14.8 Å². The van der Waals surface area contributed by atoms with Crippen molar-refractivity contribution in [1.29, 1.82) is 0 Å². The van der Waals surface area contributed by atoms with E-state index in [4.69, 9.17) is 10.5 Å². The molecule has 0 saturated carbocycles. The van der Waals surface area contributed by atoms with Gasteiger partial charge in [-0.1, -0.05) is 6.07 Å². The molecule has 0 radical (unpaired) electrons. The van der Waals surface area contributed by atoms with Crippen molar-refractivity contribution in [3.05, 3.63) is 66.0 Å². The van der Waals surface area contributed by atoms with E-state index in [-0.39, 0.29) is 11.3 Å². The van der Waals surface area contributed by atoms with Crippen molar-refractivity contribution in [2.24, 2.45) is 5.73 Å². The number of amides is 2. The average Bonchev–Trinajstić information content (AvgIpc) is 2.76. The molecule has 174 valence electrons. The predicted molar refractivity (Wildman–Crippen MR) is 120 cm³/mol. The minimum Gasteiger partial charge on any atom is -0.439 e. The van der Waals surface area contributed by atoms with Crippen LogP contribution in [0.3, 0.4) is 0 Å². The van der Waals surface area contributed by atoms with Gasteiger partial charge in [-0.05, 0) is 48.9 Å². The highest BCUT2D eigenvalue weighted by atomic mass is 19.4. The number of carbonyl (C=O) groups is 1. The second-order valence-corrected chi connectivity index (χ2v) is 7.16. The van der Waals surface area contributed by atoms with Crippen LogP contribution in [0.4, 0.5) is 35.2 Å². The molecule has 0 aliphatic heterocycles. The lowest BCUT2D eigenvalue weighted by molar-refractivity contribution is -0.138. The number of ether oxygens (including phenoxy) is 1. The van der Waals surface area contributed by atoms with Crippen LogP contribution in [-0.2, 0) is 6.18 Å². The van der Waals surface area contributed by atoms with Crippen LogP contribution in [0.25, 0.3) is 0 Å². The molecular formula is C22H23F3N6O2. The molecule has 4 N–H and O–H groups in total. The van der Waals surface area contributed by atoms with Gasteiger partial charge in [0.25, 0.3) is 0 Å². The Morgan fingerprint density at radius 3 is 2.39 bits per heavy atom. The molecule has 2 amide bonds. The van der Waals surface area contributed by atoms with E-state index in [9.17, 15) is 18.0 Å². The van der Waals surface area contributed by atoms with Crippen LogP contribution in [0, 0.1) is 6.92 Å². The Kier molecular flexibility index (Phi) is 7.34. The fraction of sp³-hybridized carbons (Fsp3) is 0.227. The van der Waals surface area contributed by atoms with Gasteiger partial charge in [0, 0.05) is 37.6 Å². The summed E-state index contributed by atoms with van der Waals surface area (Å²) < 4.78 is 44.9. The van der Waals surface area contributed by atoms with Gasteiger partial charge in [-0.2, -0.15) is 13.2 Å². The van der Waals surface area contributed by atoms with Gasteiger partial charge in [0.2, 0.25) is 5.88 Å². The van der Waals surface area contributed by atoms with Crippen molar-refractivity contribution in [1.82, 2.24) is 9.97 Å². The maximum absolute atomic E-state index is 13.0. The highest BCUT2D eigenvalue weighted by Gasteiger charge is 2.32. The number of aryl methyl sites for hydroxylation is 1. The number of rotatable bonds is 7. The number of nitrogens with two attached hydrogens (primary N) is 1. The normalized spacial score (nSPS) is 11.1. The van der Waals surface area contributed by atoms with Gasteiger partial charge in [0.15, 0.2) is 0 Å². The Labute approximate surface area is 188 Å². The van der Waals surface area contributed by atoms with Crippen molar-refractivity contribution in [3.63, 3.8) is 0 Å². The van der Waals surface area contributed by atoms with Crippen molar-refractivity contribution in [3.8, 4) is 11.6 Å². The van der Waals surface area contributed by atoms with E-state index < -0.39 is 17.8 Å². The minimum atomic E-state index is -4.50. The summed E-state index contributed by atoms with van der Waals surface area (Å²) in [6, 6.07) is 11.0. The van der Waals surface area contributed by atoms with E-state index in [1.807, 2.05) is 11.9 Å². The molecule has 11 heteroatoms. The Morgan fingerprint density at radius 1 is 1.06 bits per heavy atom.